The molecule has 1 rings (SSSR count). The van der Waals surface area contributed by atoms with Gasteiger partial charge in [-0.1, -0.05) is 39.3 Å². The van der Waals surface area contributed by atoms with Gasteiger partial charge in [-0.15, -0.1) is 0 Å². The summed E-state index contributed by atoms with van der Waals surface area (Å²) in [6.07, 6.45) is 2.20. The first kappa shape index (κ1) is 17.2. The first-order chi connectivity index (χ1) is 9.95. The minimum atomic E-state index is -0.887. The van der Waals surface area contributed by atoms with Crippen LogP contribution >= 0.6 is 0 Å². The summed E-state index contributed by atoms with van der Waals surface area (Å²) in [5, 5.41) is 8.85. The van der Waals surface area contributed by atoms with Crippen molar-refractivity contribution in [3.8, 4) is 0 Å². The number of anilines is 1. The maximum atomic E-state index is 12.3. The quantitative estimate of drug-likeness (QED) is 0.792. The second-order valence-corrected chi connectivity index (χ2v) is 5.54. The molecule has 0 aliphatic rings. The third kappa shape index (κ3) is 5.58. The Labute approximate surface area is 126 Å². The molecule has 0 unspecified atom stereocenters. The lowest BCUT2D eigenvalue weighted by Gasteiger charge is -2.23. The van der Waals surface area contributed by atoms with Crippen LogP contribution in [0.15, 0.2) is 24.3 Å². The van der Waals surface area contributed by atoms with Gasteiger partial charge in [0.2, 0.25) is 5.91 Å². The molecular weight excluding hydrogens is 266 g/mol. The number of amides is 1. The maximum absolute atomic E-state index is 12.3. The second-order valence-electron chi connectivity index (χ2n) is 5.54. The number of carboxylic acids is 1. The number of carbonyl (C=O) groups excluding carboxylic acids is 1. The molecule has 0 saturated heterocycles. The molecule has 0 heterocycles. The Kier molecular flexibility index (Phi) is 6.92. The van der Waals surface area contributed by atoms with Crippen molar-refractivity contribution in [2.75, 3.05) is 11.4 Å². The summed E-state index contributed by atoms with van der Waals surface area (Å²) in [6, 6.07) is 7.81. The summed E-state index contributed by atoms with van der Waals surface area (Å²) in [7, 11) is 0. The molecule has 116 valence electrons. The van der Waals surface area contributed by atoms with Crippen LogP contribution in [0.25, 0.3) is 0 Å². The lowest BCUT2D eigenvalue weighted by atomic mass is 10.0. The summed E-state index contributed by atoms with van der Waals surface area (Å²) in [5.74, 6) is -0.459. The largest absolute Gasteiger partial charge is 0.481 e. The monoisotopic (exact) mass is 291 g/mol. The molecule has 0 radical (unpaired) electrons. The van der Waals surface area contributed by atoms with Crippen molar-refractivity contribution in [1.82, 2.24) is 0 Å². The standard InChI is InChI=1S/C17H25NO3/c1-4-5-6-16(19)18(12-11-17(20)21)15-9-7-14(8-10-15)13(2)3/h7-10,13H,4-6,11-12H2,1-3H3,(H,20,21). The summed E-state index contributed by atoms with van der Waals surface area (Å²) in [5.41, 5.74) is 1.99. The van der Waals surface area contributed by atoms with Crippen LogP contribution in [0.2, 0.25) is 0 Å². The molecule has 1 aromatic carbocycles. The SMILES string of the molecule is CCCCC(=O)N(CCC(=O)O)c1ccc(C(C)C)cc1. The van der Waals surface area contributed by atoms with E-state index in [1.807, 2.05) is 31.2 Å². The van der Waals surface area contributed by atoms with E-state index < -0.39 is 5.97 Å². The first-order valence-electron chi connectivity index (χ1n) is 7.57. The van der Waals surface area contributed by atoms with Gasteiger partial charge in [-0.25, -0.2) is 0 Å². The molecule has 0 spiro atoms. The highest BCUT2D eigenvalue weighted by atomic mass is 16.4. The molecule has 4 heteroatoms. The fourth-order valence-corrected chi connectivity index (χ4v) is 2.11. The maximum Gasteiger partial charge on any atom is 0.305 e. The molecular formula is C17H25NO3. The average Bonchev–Trinajstić information content (AvgIpc) is 2.45. The van der Waals surface area contributed by atoms with Crippen LogP contribution in [-0.4, -0.2) is 23.5 Å². The third-order valence-corrected chi connectivity index (χ3v) is 3.47. The van der Waals surface area contributed by atoms with Crippen LogP contribution in [0.3, 0.4) is 0 Å². The van der Waals surface area contributed by atoms with Crippen molar-refractivity contribution >= 4 is 17.6 Å². The van der Waals surface area contributed by atoms with Gasteiger partial charge < -0.3 is 10.0 Å². The molecule has 0 aliphatic heterocycles. The minimum Gasteiger partial charge on any atom is -0.481 e. The topological polar surface area (TPSA) is 57.6 Å². The summed E-state index contributed by atoms with van der Waals surface area (Å²) < 4.78 is 0. The fraction of sp³-hybridized carbons (Fsp3) is 0.529. The van der Waals surface area contributed by atoms with Crippen LogP contribution in [0.4, 0.5) is 5.69 Å². The van der Waals surface area contributed by atoms with Gasteiger partial charge in [0.15, 0.2) is 0 Å². The Balaban J connectivity index is 2.88. The zero-order chi connectivity index (χ0) is 15.8. The first-order valence-corrected chi connectivity index (χ1v) is 7.57. The molecule has 0 fully saturated rings. The van der Waals surface area contributed by atoms with Crippen LogP contribution in [0.1, 0.15) is 57.9 Å². The second kappa shape index (κ2) is 8.45. The van der Waals surface area contributed by atoms with E-state index in [9.17, 15) is 9.59 Å². The number of carboxylic acid groups (broad SMARTS) is 1. The van der Waals surface area contributed by atoms with Gasteiger partial charge in [-0.05, 0) is 30.0 Å². The number of aliphatic carboxylic acids is 1. The van der Waals surface area contributed by atoms with Crippen molar-refractivity contribution in [2.45, 2.75) is 52.4 Å². The summed E-state index contributed by atoms with van der Waals surface area (Å²) >= 11 is 0. The van der Waals surface area contributed by atoms with Gasteiger partial charge in [-0.3, -0.25) is 9.59 Å². The van der Waals surface area contributed by atoms with Gasteiger partial charge in [0, 0.05) is 18.7 Å². The summed E-state index contributed by atoms with van der Waals surface area (Å²) in [4.78, 5) is 24.6. The van der Waals surface area contributed by atoms with E-state index in [0.717, 1.165) is 18.5 Å². The summed E-state index contributed by atoms with van der Waals surface area (Å²) in [6.45, 7) is 6.48. The smallest absolute Gasteiger partial charge is 0.305 e. The van der Waals surface area contributed by atoms with Gasteiger partial charge in [-0.2, -0.15) is 0 Å². The molecule has 0 bridgehead atoms. The number of hydrogen-bond acceptors (Lipinski definition) is 2. The predicted molar refractivity (Wildman–Crippen MR) is 84.7 cm³/mol. The third-order valence-electron chi connectivity index (χ3n) is 3.47. The normalized spacial score (nSPS) is 10.7. The lowest BCUT2D eigenvalue weighted by molar-refractivity contribution is -0.136. The average molecular weight is 291 g/mol. The Morgan fingerprint density at radius 3 is 2.24 bits per heavy atom. The van der Waals surface area contributed by atoms with Crippen molar-refractivity contribution in [3.63, 3.8) is 0 Å². The zero-order valence-corrected chi connectivity index (χ0v) is 13.1. The molecule has 1 aromatic rings. The molecule has 21 heavy (non-hydrogen) atoms. The highest BCUT2D eigenvalue weighted by molar-refractivity contribution is 5.93. The Morgan fingerprint density at radius 1 is 1.14 bits per heavy atom. The van der Waals surface area contributed by atoms with E-state index in [0.29, 0.717) is 12.3 Å². The number of benzene rings is 1. The predicted octanol–water partition coefficient (Wildman–Crippen LogP) is 3.81. The lowest BCUT2D eigenvalue weighted by Crippen LogP contribution is -2.32. The van der Waals surface area contributed by atoms with E-state index in [2.05, 4.69) is 13.8 Å². The molecule has 4 nitrogen and oxygen atoms in total. The number of nitrogens with zero attached hydrogens (tertiary/aromatic N) is 1. The molecule has 1 N–H and O–H groups in total. The van der Waals surface area contributed by atoms with Gasteiger partial charge in [0.25, 0.3) is 0 Å². The van der Waals surface area contributed by atoms with Gasteiger partial charge >= 0.3 is 5.97 Å². The number of unbranched alkanes of at least 4 members (excludes halogenated alkanes) is 1. The van der Waals surface area contributed by atoms with E-state index in [1.165, 1.54) is 5.56 Å². The molecule has 0 aromatic heterocycles. The van der Waals surface area contributed by atoms with E-state index in [-0.39, 0.29) is 18.9 Å². The molecule has 1 amide bonds. The van der Waals surface area contributed by atoms with Crippen molar-refractivity contribution in [3.05, 3.63) is 29.8 Å². The highest BCUT2D eigenvalue weighted by Gasteiger charge is 2.16. The Bertz CT molecular complexity index is 465. The van der Waals surface area contributed by atoms with Crippen LogP contribution < -0.4 is 4.90 Å². The highest BCUT2D eigenvalue weighted by Crippen LogP contribution is 2.21. The zero-order valence-electron chi connectivity index (χ0n) is 13.1. The van der Waals surface area contributed by atoms with E-state index >= 15 is 0 Å². The van der Waals surface area contributed by atoms with Crippen LogP contribution in [0.5, 0.6) is 0 Å². The molecule has 0 saturated carbocycles. The van der Waals surface area contributed by atoms with Crippen LogP contribution in [-0.2, 0) is 9.59 Å². The van der Waals surface area contributed by atoms with Gasteiger partial charge in [0.05, 0.1) is 6.42 Å². The van der Waals surface area contributed by atoms with Crippen molar-refractivity contribution in [2.24, 2.45) is 0 Å². The number of carbonyl (C=O) groups is 2. The molecule has 0 atom stereocenters. The Morgan fingerprint density at radius 2 is 1.76 bits per heavy atom. The van der Waals surface area contributed by atoms with Crippen molar-refractivity contribution < 1.29 is 14.7 Å². The fourth-order valence-electron chi connectivity index (χ4n) is 2.11. The number of rotatable bonds is 8. The van der Waals surface area contributed by atoms with Crippen LogP contribution in [0, 0.1) is 0 Å². The minimum absolute atomic E-state index is 0.00426. The molecule has 0 aliphatic carbocycles. The van der Waals surface area contributed by atoms with E-state index in [4.69, 9.17) is 5.11 Å². The number of hydrogen-bond donors (Lipinski definition) is 1. The van der Waals surface area contributed by atoms with Crippen molar-refractivity contribution in [1.29, 1.82) is 0 Å². The van der Waals surface area contributed by atoms with E-state index in [1.54, 1.807) is 4.90 Å². The van der Waals surface area contributed by atoms with Gasteiger partial charge in [0.1, 0.15) is 0 Å². The Hall–Kier alpha value is -1.84.